The number of hydrogen-bond acceptors (Lipinski definition) is 0. The van der Waals surface area contributed by atoms with Crippen LogP contribution < -0.4 is 0 Å². The van der Waals surface area contributed by atoms with Crippen molar-refractivity contribution in [2.45, 2.75) is 167 Å². The van der Waals surface area contributed by atoms with Crippen molar-refractivity contribution in [1.82, 2.24) is 0 Å². The average Bonchev–Trinajstić information content (AvgIpc) is 3.20. The monoisotopic (exact) mass is 378 g/mol. The first kappa shape index (κ1) is 25.0. The zero-order chi connectivity index (χ0) is 19.3. The Morgan fingerprint density at radius 1 is 0.407 bits per heavy atom. The molecule has 0 bridgehead atoms. The van der Waals surface area contributed by atoms with E-state index in [-0.39, 0.29) is 0 Å². The Morgan fingerprint density at radius 2 is 0.704 bits per heavy atom. The van der Waals surface area contributed by atoms with Gasteiger partial charge in [0.05, 0.1) is 0 Å². The van der Waals surface area contributed by atoms with E-state index in [0.717, 1.165) is 5.92 Å². The molecule has 1 rings (SSSR count). The molecule has 1 fully saturated rings. The Balaban J connectivity index is 1.62. The summed E-state index contributed by atoms with van der Waals surface area (Å²) in [6.45, 7) is 2.30. The second-order valence-corrected chi connectivity index (χ2v) is 9.66. The molecule has 162 valence electrons. The molecule has 0 heteroatoms. The Bertz CT molecular complexity index is 263. The largest absolute Gasteiger partial charge is 0.0654 e. The van der Waals surface area contributed by atoms with Crippen molar-refractivity contribution in [3.63, 3.8) is 0 Å². The van der Waals surface area contributed by atoms with E-state index in [1.165, 1.54) is 141 Å². The smallest absolute Gasteiger partial charge is 0.0414 e. The second-order valence-electron chi connectivity index (χ2n) is 9.66. The van der Waals surface area contributed by atoms with Crippen LogP contribution in [0, 0.1) is 5.92 Å². The van der Waals surface area contributed by atoms with Crippen molar-refractivity contribution in [2.24, 2.45) is 5.92 Å². The molecule has 0 atom stereocenters. The molecule has 0 unspecified atom stereocenters. The fraction of sp³-hybridized carbons (Fsp3) is 1.00. The van der Waals surface area contributed by atoms with Gasteiger partial charge in [-0.25, -0.2) is 0 Å². The fourth-order valence-corrected chi connectivity index (χ4v) is 4.99. The Labute approximate surface area is 173 Å². The first-order valence-corrected chi connectivity index (χ1v) is 13.4. The summed E-state index contributed by atoms with van der Waals surface area (Å²) in [7, 11) is 0. The molecule has 27 heavy (non-hydrogen) atoms. The van der Waals surface area contributed by atoms with Crippen LogP contribution in [0.3, 0.4) is 0 Å². The van der Waals surface area contributed by atoms with Crippen molar-refractivity contribution in [1.29, 1.82) is 0 Å². The lowest BCUT2D eigenvalue weighted by molar-refractivity contribution is 0.459. The van der Waals surface area contributed by atoms with Gasteiger partial charge in [0, 0.05) is 0 Å². The highest BCUT2D eigenvalue weighted by Gasteiger charge is 2.13. The minimum atomic E-state index is 1.11. The highest BCUT2D eigenvalue weighted by molar-refractivity contribution is 4.67. The van der Waals surface area contributed by atoms with E-state index in [1.807, 2.05) is 0 Å². The van der Waals surface area contributed by atoms with Gasteiger partial charge in [0.1, 0.15) is 0 Å². The third kappa shape index (κ3) is 17.8. The highest BCUT2D eigenvalue weighted by atomic mass is 14.2. The van der Waals surface area contributed by atoms with Gasteiger partial charge < -0.3 is 0 Å². The first-order chi connectivity index (χ1) is 13.4. The zero-order valence-electron chi connectivity index (χ0n) is 19.3. The topological polar surface area (TPSA) is 0 Å². The molecule has 0 nitrogen and oxygen atoms in total. The van der Waals surface area contributed by atoms with Crippen LogP contribution in [0.4, 0.5) is 0 Å². The van der Waals surface area contributed by atoms with Gasteiger partial charge in [0.2, 0.25) is 0 Å². The van der Waals surface area contributed by atoms with Crippen molar-refractivity contribution >= 4 is 0 Å². The van der Waals surface area contributed by atoms with E-state index >= 15 is 0 Å². The molecule has 0 spiro atoms. The minimum Gasteiger partial charge on any atom is -0.0654 e. The first-order valence-electron chi connectivity index (χ1n) is 13.4. The molecule has 0 heterocycles. The third-order valence-electron chi connectivity index (χ3n) is 6.94. The van der Waals surface area contributed by atoms with E-state index in [4.69, 9.17) is 0 Å². The van der Waals surface area contributed by atoms with E-state index < -0.39 is 0 Å². The quantitative estimate of drug-likeness (QED) is 0.174. The Hall–Kier alpha value is 0. The molecule has 0 aromatic heterocycles. The van der Waals surface area contributed by atoms with Crippen LogP contribution in [0.25, 0.3) is 0 Å². The van der Waals surface area contributed by atoms with E-state index in [1.54, 1.807) is 19.3 Å². The molecule has 1 aliphatic carbocycles. The molecular weight excluding hydrogens is 324 g/mol. The van der Waals surface area contributed by atoms with Gasteiger partial charge >= 0.3 is 0 Å². The predicted octanol–water partition coefficient (Wildman–Crippen LogP) is 10.4. The van der Waals surface area contributed by atoms with Gasteiger partial charge in [0.15, 0.2) is 0 Å². The summed E-state index contributed by atoms with van der Waals surface area (Å²) in [6, 6.07) is 0. The summed E-state index contributed by atoms with van der Waals surface area (Å²) in [5.41, 5.74) is 0. The van der Waals surface area contributed by atoms with Gasteiger partial charge in [-0.2, -0.15) is 0 Å². The van der Waals surface area contributed by atoms with Crippen LogP contribution in [0.5, 0.6) is 0 Å². The van der Waals surface area contributed by atoms with Crippen LogP contribution >= 0.6 is 0 Å². The van der Waals surface area contributed by atoms with Gasteiger partial charge in [-0.15, -0.1) is 0 Å². The number of rotatable bonds is 21. The summed E-state index contributed by atoms with van der Waals surface area (Å²) < 4.78 is 0. The summed E-state index contributed by atoms with van der Waals surface area (Å²) in [5.74, 6) is 1.11. The molecule has 0 amide bonds. The fourth-order valence-electron chi connectivity index (χ4n) is 4.99. The van der Waals surface area contributed by atoms with E-state index in [2.05, 4.69) is 6.92 Å². The number of hydrogen-bond donors (Lipinski definition) is 0. The molecule has 0 saturated heterocycles. The lowest BCUT2D eigenvalue weighted by Gasteiger charge is -2.08. The van der Waals surface area contributed by atoms with E-state index in [0.29, 0.717) is 0 Å². The maximum absolute atomic E-state index is 2.30. The van der Waals surface area contributed by atoms with Crippen molar-refractivity contribution < 1.29 is 0 Å². The van der Waals surface area contributed by atoms with Crippen LogP contribution in [-0.4, -0.2) is 0 Å². The molecule has 0 N–H and O–H groups in total. The highest BCUT2D eigenvalue weighted by Crippen LogP contribution is 2.29. The van der Waals surface area contributed by atoms with Crippen molar-refractivity contribution in [3.8, 4) is 0 Å². The maximum Gasteiger partial charge on any atom is -0.0414 e. The third-order valence-corrected chi connectivity index (χ3v) is 6.94. The Morgan fingerprint density at radius 3 is 1.04 bits per heavy atom. The lowest BCUT2D eigenvalue weighted by atomic mass is 9.98. The van der Waals surface area contributed by atoms with E-state index in [9.17, 15) is 0 Å². The van der Waals surface area contributed by atoms with Crippen LogP contribution in [0.1, 0.15) is 167 Å². The molecule has 0 aliphatic heterocycles. The van der Waals surface area contributed by atoms with Gasteiger partial charge in [-0.05, 0) is 5.92 Å². The van der Waals surface area contributed by atoms with Gasteiger partial charge in [-0.1, -0.05) is 167 Å². The average molecular weight is 379 g/mol. The van der Waals surface area contributed by atoms with Crippen LogP contribution in [-0.2, 0) is 0 Å². The molecule has 1 saturated carbocycles. The van der Waals surface area contributed by atoms with Gasteiger partial charge in [-0.3, -0.25) is 0 Å². The molecule has 0 aromatic carbocycles. The van der Waals surface area contributed by atoms with Crippen molar-refractivity contribution in [3.05, 3.63) is 0 Å². The predicted molar refractivity (Wildman–Crippen MR) is 125 cm³/mol. The summed E-state index contributed by atoms with van der Waals surface area (Å²) in [4.78, 5) is 0. The molecule has 0 radical (unpaired) electrons. The number of unbranched alkanes of at least 4 members (excludes halogenated alkanes) is 19. The summed E-state index contributed by atoms with van der Waals surface area (Å²) in [5, 5.41) is 0. The summed E-state index contributed by atoms with van der Waals surface area (Å²) >= 11 is 0. The maximum atomic E-state index is 2.30. The standard InChI is InChI=1S/C27H54/c1-2-3-4-5-6-7-8-9-10-11-12-13-14-15-16-17-18-19-20-21-24-27-25-22-23-26-27/h27H,2-26H2,1H3. The second kappa shape index (κ2) is 20.7. The zero-order valence-corrected chi connectivity index (χ0v) is 19.3. The Kier molecular flexibility index (Phi) is 19.2. The van der Waals surface area contributed by atoms with Crippen LogP contribution in [0.15, 0.2) is 0 Å². The van der Waals surface area contributed by atoms with Crippen LogP contribution in [0.2, 0.25) is 0 Å². The lowest BCUT2D eigenvalue weighted by Crippen LogP contribution is -1.92. The minimum absolute atomic E-state index is 1.11. The summed E-state index contributed by atoms with van der Waals surface area (Å²) in [6.07, 6.45) is 37.4. The SMILES string of the molecule is CCCCCCCCCCCCCCCCCCCCCCC1CCCC1. The normalized spacial score (nSPS) is 15.0. The van der Waals surface area contributed by atoms with Gasteiger partial charge in [0.25, 0.3) is 0 Å². The molecule has 0 aromatic rings. The van der Waals surface area contributed by atoms with Crippen molar-refractivity contribution in [2.75, 3.05) is 0 Å². The molecular formula is C27H54. The molecule has 1 aliphatic rings.